The molecule has 21 heavy (non-hydrogen) atoms. The van der Waals surface area contributed by atoms with Crippen molar-refractivity contribution in [1.29, 1.82) is 0 Å². The van der Waals surface area contributed by atoms with E-state index in [2.05, 4.69) is 5.32 Å². The zero-order valence-corrected chi connectivity index (χ0v) is 12.2. The zero-order chi connectivity index (χ0) is 15.2. The Balaban J connectivity index is 2.04. The fourth-order valence-electron chi connectivity index (χ4n) is 2.66. The van der Waals surface area contributed by atoms with Crippen molar-refractivity contribution in [2.45, 2.75) is 25.4 Å². The second-order valence-electron chi connectivity index (χ2n) is 5.17. The summed E-state index contributed by atoms with van der Waals surface area (Å²) >= 11 is 0. The van der Waals surface area contributed by atoms with Crippen molar-refractivity contribution in [1.82, 2.24) is 15.1 Å². The Bertz CT molecular complexity index is 484. The van der Waals surface area contributed by atoms with E-state index in [1.807, 2.05) is 30.3 Å². The summed E-state index contributed by atoms with van der Waals surface area (Å²) in [5, 5.41) is 11.7. The standard InChI is InChI=1S/C15H21N3O3/c1-16-14(19)18(11-12-5-3-2-4-6-12)13-7-9-17(10-8-13)15(20)21/h2-6,13H,7-11H2,1H3,(H,16,19)(H,20,21). The highest BCUT2D eigenvalue weighted by molar-refractivity contribution is 5.74. The molecule has 3 amide bonds. The minimum Gasteiger partial charge on any atom is -0.465 e. The van der Waals surface area contributed by atoms with E-state index in [9.17, 15) is 9.59 Å². The van der Waals surface area contributed by atoms with Crippen molar-refractivity contribution in [3.63, 3.8) is 0 Å². The number of piperidine rings is 1. The molecule has 0 aliphatic carbocycles. The highest BCUT2D eigenvalue weighted by atomic mass is 16.4. The van der Waals surface area contributed by atoms with E-state index in [0.717, 1.165) is 5.56 Å². The van der Waals surface area contributed by atoms with Gasteiger partial charge in [-0.3, -0.25) is 0 Å². The molecule has 1 saturated heterocycles. The summed E-state index contributed by atoms with van der Waals surface area (Å²) in [6, 6.07) is 9.77. The quantitative estimate of drug-likeness (QED) is 0.894. The van der Waals surface area contributed by atoms with Crippen molar-refractivity contribution >= 4 is 12.1 Å². The Labute approximate surface area is 124 Å². The number of amides is 3. The molecule has 2 rings (SSSR count). The monoisotopic (exact) mass is 291 g/mol. The van der Waals surface area contributed by atoms with E-state index in [1.165, 1.54) is 4.90 Å². The number of benzene rings is 1. The Hall–Kier alpha value is -2.24. The normalized spacial score (nSPS) is 15.6. The SMILES string of the molecule is CNC(=O)N(Cc1ccccc1)C1CCN(C(=O)O)CC1. The average Bonchev–Trinajstić information content (AvgIpc) is 2.53. The smallest absolute Gasteiger partial charge is 0.407 e. The van der Waals surface area contributed by atoms with Gasteiger partial charge >= 0.3 is 12.1 Å². The lowest BCUT2D eigenvalue weighted by Crippen LogP contribution is -2.50. The number of hydrogen-bond donors (Lipinski definition) is 2. The van der Waals surface area contributed by atoms with Gasteiger partial charge in [-0.1, -0.05) is 30.3 Å². The molecule has 1 heterocycles. The summed E-state index contributed by atoms with van der Waals surface area (Å²) in [5.41, 5.74) is 1.07. The molecular formula is C15H21N3O3. The number of carbonyl (C=O) groups is 2. The maximum atomic E-state index is 12.1. The molecule has 0 saturated carbocycles. The largest absolute Gasteiger partial charge is 0.465 e. The molecule has 1 aromatic rings. The Kier molecular flexibility index (Phi) is 5.03. The summed E-state index contributed by atoms with van der Waals surface area (Å²) < 4.78 is 0. The van der Waals surface area contributed by atoms with Crippen LogP contribution in [0.4, 0.5) is 9.59 Å². The highest BCUT2D eigenvalue weighted by Crippen LogP contribution is 2.19. The van der Waals surface area contributed by atoms with Gasteiger partial charge in [0.15, 0.2) is 0 Å². The Morgan fingerprint density at radius 2 is 1.90 bits per heavy atom. The molecule has 2 N–H and O–H groups in total. The topological polar surface area (TPSA) is 72.9 Å². The van der Waals surface area contributed by atoms with Gasteiger partial charge < -0.3 is 20.2 Å². The lowest BCUT2D eigenvalue weighted by atomic mass is 10.0. The van der Waals surface area contributed by atoms with Crippen LogP contribution in [0.25, 0.3) is 0 Å². The highest BCUT2D eigenvalue weighted by Gasteiger charge is 2.29. The van der Waals surface area contributed by atoms with Crippen LogP contribution in [0.5, 0.6) is 0 Å². The minimum atomic E-state index is -0.886. The van der Waals surface area contributed by atoms with Gasteiger partial charge in [-0.15, -0.1) is 0 Å². The van der Waals surface area contributed by atoms with Gasteiger partial charge in [-0.05, 0) is 18.4 Å². The fraction of sp³-hybridized carbons (Fsp3) is 0.467. The first-order chi connectivity index (χ1) is 10.1. The predicted molar refractivity (Wildman–Crippen MR) is 79.1 cm³/mol. The van der Waals surface area contributed by atoms with E-state index in [4.69, 9.17) is 5.11 Å². The second-order valence-corrected chi connectivity index (χ2v) is 5.17. The second kappa shape index (κ2) is 6.97. The van der Waals surface area contributed by atoms with E-state index in [-0.39, 0.29) is 12.1 Å². The third-order valence-corrected chi connectivity index (χ3v) is 3.85. The lowest BCUT2D eigenvalue weighted by molar-refractivity contribution is 0.102. The third-order valence-electron chi connectivity index (χ3n) is 3.85. The number of urea groups is 1. The molecule has 114 valence electrons. The van der Waals surface area contributed by atoms with Gasteiger partial charge in [0.05, 0.1) is 0 Å². The molecule has 6 nitrogen and oxygen atoms in total. The van der Waals surface area contributed by atoms with Gasteiger partial charge in [-0.2, -0.15) is 0 Å². The molecule has 1 aliphatic heterocycles. The molecule has 0 unspecified atom stereocenters. The summed E-state index contributed by atoms with van der Waals surface area (Å²) in [6.45, 7) is 1.49. The summed E-state index contributed by atoms with van der Waals surface area (Å²) in [4.78, 5) is 26.3. The molecule has 0 bridgehead atoms. The lowest BCUT2D eigenvalue weighted by Gasteiger charge is -2.37. The van der Waals surface area contributed by atoms with E-state index in [0.29, 0.717) is 32.5 Å². The van der Waals surface area contributed by atoms with Crippen molar-refractivity contribution in [3.05, 3.63) is 35.9 Å². The number of nitrogens with zero attached hydrogens (tertiary/aromatic N) is 2. The van der Waals surface area contributed by atoms with Crippen molar-refractivity contribution < 1.29 is 14.7 Å². The number of nitrogens with one attached hydrogen (secondary N) is 1. The van der Waals surface area contributed by atoms with Gasteiger partial charge in [0, 0.05) is 32.7 Å². The van der Waals surface area contributed by atoms with Crippen LogP contribution in [-0.2, 0) is 6.54 Å². The number of carboxylic acid groups (broad SMARTS) is 1. The van der Waals surface area contributed by atoms with Crippen molar-refractivity contribution in [3.8, 4) is 0 Å². The van der Waals surface area contributed by atoms with Crippen LogP contribution in [0.15, 0.2) is 30.3 Å². The first-order valence-corrected chi connectivity index (χ1v) is 7.12. The number of likely N-dealkylation sites (tertiary alicyclic amines) is 1. The van der Waals surface area contributed by atoms with Crippen LogP contribution >= 0.6 is 0 Å². The fourth-order valence-corrected chi connectivity index (χ4v) is 2.66. The van der Waals surface area contributed by atoms with E-state index in [1.54, 1.807) is 11.9 Å². The van der Waals surface area contributed by atoms with Crippen LogP contribution in [0.2, 0.25) is 0 Å². The van der Waals surface area contributed by atoms with Gasteiger partial charge in [0.2, 0.25) is 0 Å². The summed E-state index contributed by atoms with van der Waals surface area (Å²) in [5.74, 6) is 0. The van der Waals surface area contributed by atoms with Gasteiger partial charge in [0.1, 0.15) is 0 Å². The van der Waals surface area contributed by atoms with Gasteiger partial charge in [0.25, 0.3) is 0 Å². The number of hydrogen-bond acceptors (Lipinski definition) is 2. The van der Waals surface area contributed by atoms with Crippen molar-refractivity contribution in [2.75, 3.05) is 20.1 Å². The molecule has 1 aromatic carbocycles. The molecule has 1 aliphatic rings. The molecule has 0 spiro atoms. The molecule has 1 fully saturated rings. The molecule has 6 heteroatoms. The maximum absolute atomic E-state index is 12.1. The molecule has 0 atom stereocenters. The number of rotatable bonds is 3. The summed E-state index contributed by atoms with van der Waals surface area (Å²) in [6.07, 6.45) is 0.460. The van der Waals surface area contributed by atoms with Crippen LogP contribution in [0.1, 0.15) is 18.4 Å². The molecular weight excluding hydrogens is 270 g/mol. The van der Waals surface area contributed by atoms with Crippen LogP contribution in [0, 0.1) is 0 Å². The average molecular weight is 291 g/mol. The first kappa shape index (κ1) is 15.2. The van der Waals surface area contributed by atoms with Crippen LogP contribution in [-0.4, -0.2) is 53.2 Å². The van der Waals surface area contributed by atoms with Crippen LogP contribution < -0.4 is 5.32 Å². The van der Waals surface area contributed by atoms with Crippen molar-refractivity contribution in [2.24, 2.45) is 0 Å². The summed E-state index contributed by atoms with van der Waals surface area (Å²) in [7, 11) is 1.62. The van der Waals surface area contributed by atoms with E-state index >= 15 is 0 Å². The third kappa shape index (κ3) is 3.87. The first-order valence-electron chi connectivity index (χ1n) is 7.12. The van der Waals surface area contributed by atoms with Crippen LogP contribution in [0.3, 0.4) is 0 Å². The number of carbonyl (C=O) groups excluding carboxylic acids is 1. The minimum absolute atomic E-state index is 0.0701. The van der Waals surface area contributed by atoms with Gasteiger partial charge in [-0.25, -0.2) is 9.59 Å². The van der Waals surface area contributed by atoms with E-state index < -0.39 is 6.09 Å². The predicted octanol–water partition coefficient (Wildman–Crippen LogP) is 1.97. The zero-order valence-electron chi connectivity index (χ0n) is 12.2. The Morgan fingerprint density at radius 3 is 2.43 bits per heavy atom. The molecule has 0 aromatic heterocycles. The Morgan fingerprint density at radius 1 is 1.29 bits per heavy atom. The molecule has 0 radical (unpaired) electrons. The maximum Gasteiger partial charge on any atom is 0.407 e.